The lowest BCUT2D eigenvalue weighted by molar-refractivity contribution is 0.0499. The number of rotatable bonds is 6. The molecule has 0 radical (unpaired) electrons. The maximum absolute atomic E-state index is 13.1. The molecule has 1 atom stereocenters. The van der Waals surface area contributed by atoms with Crippen molar-refractivity contribution in [3.63, 3.8) is 0 Å². The van der Waals surface area contributed by atoms with E-state index in [1.807, 2.05) is 30.8 Å². The molecule has 136 valence electrons. The van der Waals surface area contributed by atoms with Crippen LogP contribution < -0.4 is 0 Å². The van der Waals surface area contributed by atoms with Crippen molar-refractivity contribution in [2.45, 2.75) is 32.5 Å². The summed E-state index contributed by atoms with van der Waals surface area (Å²) in [5, 5.41) is 13.9. The molecule has 0 saturated carbocycles. The van der Waals surface area contributed by atoms with Gasteiger partial charge in [0.25, 0.3) is 0 Å². The quantitative estimate of drug-likeness (QED) is 0.868. The predicted octanol–water partition coefficient (Wildman–Crippen LogP) is 1.94. The molecule has 1 saturated heterocycles. The fourth-order valence-corrected chi connectivity index (χ4v) is 3.60. The molecule has 1 N–H and O–H groups in total. The van der Waals surface area contributed by atoms with E-state index in [-0.39, 0.29) is 12.4 Å². The first-order valence-electron chi connectivity index (χ1n) is 8.86. The van der Waals surface area contributed by atoms with Gasteiger partial charge in [-0.3, -0.25) is 14.5 Å². The average molecular weight is 346 g/mol. The molecule has 0 amide bonds. The zero-order valence-electron chi connectivity index (χ0n) is 15.0. The summed E-state index contributed by atoms with van der Waals surface area (Å²) in [6.07, 6.45) is 2.84. The van der Waals surface area contributed by atoms with E-state index in [2.05, 4.69) is 21.1 Å². The molecule has 5 nitrogen and oxygen atoms in total. The van der Waals surface area contributed by atoms with Gasteiger partial charge in [-0.1, -0.05) is 12.1 Å². The molecule has 0 unspecified atom stereocenters. The lowest BCUT2D eigenvalue weighted by atomic mass is 10.1. The van der Waals surface area contributed by atoms with Crippen molar-refractivity contribution in [1.82, 2.24) is 19.6 Å². The van der Waals surface area contributed by atoms with E-state index in [0.29, 0.717) is 6.04 Å². The van der Waals surface area contributed by atoms with Gasteiger partial charge in [-0.25, -0.2) is 4.39 Å². The van der Waals surface area contributed by atoms with Gasteiger partial charge < -0.3 is 5.11 Å². The van der Waals surface area contributed by atoms with E-state index in [9.17, 15) is 9.50 Å². The Morgan fingerprint density at radius 2 is 1.96 bits per heavy atom. The highest BCUT2D eigenvalue weighted by Gasteiger charge is 2.27. The van der Waals surface area contributed by atoms with Crippen molar-refractivity contribution in [2.75, 3.05) is 26.2 Å². The van der Waals surface area contributed by atoms with Gasteiger partial charge in [0, 0.05) is 64.2 Å². The first-order valence-corrected chi connectivity index (χ1v) is 8.86. The van der Waals surface area contributed by atoms with Crippen molar-refractivity contribution in [3.05, 3.63) is 53.1 Å². The number of hydrogen-bond acceptors (Lipinski definition) is 4. The maximum atomic E-state index is 13.1. The number of aliphatic hydroxyl groups is 1. The molecule has 1 aromatic heterocycles. The molecule has 2 aromatic rings. The molecule has 0 aliphatic carbocycles. The first-order chi connectivity index (χ1) is 12.0. The number of nitrogens with zero attached hydrogens (tertiary/aromatic N) is 4. The summed E-state index contributed by atoms with van der Waals surface area (Å²) in [7, 11) is 1.95. The number of hydrogen-bond donors (Lipinski definition) is 1. The molecule has 6 heteroatoms. The van der Waals surface area contributed by atoms with Gasteiger partial charge in [-0.15, -0.1) is 0 Å². The molecule has 1 fully saturated rings. The van der Waals surface area contributed by atoms with Gasteiger partial charge in [-0.05, 0) is 31.0 Å². The molecule has 1 aliphatic rings. The second-order valence-electron chi connectivity index (χ2n) is 6.91. The van der Waals surface area contributed by atoms with Crippen LogP contribution in [0.4, 0.5) is 4.39 Å². The Balaban J connectivity index is 1.63. The predicted molar refractivity (Wildman–Crippen MR) is 95.5 cm³/mol. The van der Waals surface area contributed by atoms with E-state index < -0.39 is 0 Å². The Kier molecular flexibility index (Phi) is 5.83. The number of aliphatic hydroxyl groups excluding tert-OH is 1. The highest BCUT2D eigenvalue weighted by atomic mass is 19.1. The molecule has 2 heterocycles. The third kappa shape index (κ3) is 4.66. The largest absolute Gasteiger partial charge is 0.396 e. The van der Waals surface area contributed by atoms with Crippen LogP contribution in [0.5, 0.6) is 0 Å². The van der Waals surface area contributed by atoms with Crippen molar-refractivity contribution in [2.24, 2.45) is 7.05 Å². The molecule has 1 aliphatic heterocycles. The van der Waals surface area contributed by atoms with Crippen molar-refractivity contribution < 1.29 is 9.50 Å². The normalized spacial score (nSPS) is 19.4. The van der Waals surface area contributed by atoms with Crippen LogP contribution in [-0.4, -0.2) is 57.0 Å². The molecular formula is C19H27FN4O. The summed E-state index contributed by atoms with van der Waals surface area (Å²) in [6.45, 7) is 6.78. The fourth-order valence-electron chi connectivity index (χ4n) is 3.60. The SMILES string of the molecule is Cc1nn(C)cc1CN1CCN(Cc2ccc(F)cc2)[C@H](CCO)C1. The van der Waals surface area contributed by atoms with Gasteiger partial charge in [0.05, 0.1) is 5.69 Å². The summed E-state index contributed by atoms with van der Waals surface area (Å²) in [5.41, 5.74) is 3.45. The Labute approximate surface area is 148 Å². The van der Waals surface area contributed by atoms with Crippen LogP contribution in [0.2, 0.25) is 0 Å². The summed E-state index contributed by atoms with van der Waals surface area (Å²) in [6, 6.07) is 7.02. The number of benzene rings is 1. The minimum absolute atomic E-state index is 0.185. The summed E-state index contributed by atoms with van der Waals surface area (Å²) in [5.74, 6) is -0.202. The van der Waals surface area contributed by atoms with Crippen molar-refractivity contribution in [3.8, 4) is 0 Å². The Morgan fingerprint density at radius 1 is 1.20 bits per heavy atom. The number of aryl methyl sites for hydroxylation is 2. The van der Waals surface area contributed by atoms with Crippen LogP contribution in [0.1, 0.15) is 23.2 Å². The second-order valence-corrected chi connectivity index (χ2v) is 6.91. The lowest BCUT2D eigenvalue weighted by Gasteiger charge is -2.41. The number of piperazine rings is 1. The third-order valence-corrected chi connectivity index (χ3v) is 4.96. The smallest absolute Gasteiger partial charge is 0.123 e. The topological polar surface area (TPSA) is 44.5 Å². The first kappa shape index (κ1) is 18.0. The van der Waals surface area contributed by atoms with Crippen LogP contribution in [0.25, 0.3) is 0 Å². The van der Waals surface area contributed by atoms with Crippen LogP contribution >= 0.6 is 0 Å². The summed E-state index contributed by atoms with van der Waals surface area (Å²) < 4.78 is 15.0. The zero-order chi connectivity index (χ0) is 17.8. The van der Waals surface area contributed by atoms with Crippen molar-refractivity contribution in [1.29, 1.82) is 0 Å². The molecule has 3 rings (SSSR count). The van der Waals surface area contributed by atoms with Gasteiger partial charge >= 0.3 is 0 Å². The molecule has 0 bridgehead atoms. The van der Waals surface area contributed by atoms with E-state index >= 15 is 0 Å². The third-order valence-electron chi connectivity index (χ3n) is 4.96. The molecule has 25 heavy (non-hydrogen) atoms. The second kappa shape index (κ2) is 8.08. The van der Waals surface area contributed by atoms with E-state index in [1.54, 1.807) is 0 Å². The van der Waals surface area contributed by atoms with Gasteiger partial charge in [0.15, 0.2) is 0 Å². The average Bonchev–Trinajstić information content (AvgIpc) is 2.89. The maximum Gasteiger partial charge on any atom is 0.123 e. The van der Waals surface area contributed by atoms with Crippen LogP contribution in [0.15, 0.2) is 30.5 Å². The highest BCUT2D eigenvalue weighted by Crippen LogP contribution is 2.19. The van der Waals surface area contributed by atoms with Crippen molar-refractivity contribution >= 4 is 0 Å². The highest BCUT2D eigenvalue weighted by molar-refractivity contribution is 5.17. The molecular weight excluding hydrogens is 319 g/mol. The molecule has 1 aromatic carbocycles. The minimum Gasteiger partial charge on any atom is -0.396 e. The Bertz CT molecular complexity index is 685. The Morgan fingerprint density at radius 3 is 2.60 bits per heavy atom. The van der Waals surface area contributed by atoms with Crippen LogP contribution in [0, 0.1) is 12.7 Å². The van der Waals surface area contributed by atoms with E-state index in [1.165, 1.54) is 17.7 Å². The van der Waals surface area contributed by atoms with Gasteiger partial charge in [0.2, 0.25) is 0 Å². The Hall–Kier alpha value is -1.76. The van der Waals surface area contributed by atoms with E-state index in [4.69, 9.17) is 0 Å². The van der Waals surface area contributed by atoms with Crippen LogP contribution in [0.3, 0.4) is 0 Å². The van der Waals surface area contributed by atoms with Gasteiger partial charge in [-0.2, -0.15) is 5.10 Å². The molecule has 0 spiro atoms. The summed E-state index contributed by atoms with van der Waals surface area (Å²) in [4.78, 5) is 4.83. The zero-order valence-corrected chi connectivity index (χ0v) is 15.0. The van der Waals surface area contributed by atoms with Crippen LogP contribution in [-0.2, 0) is 20.1 Å². The fraction of sp³-hybridized carbons (Fsp3) is 0.526. The standard InChI is InChI=1S/C19H27FN4O/c1-15-17(12-22(2)21-15)13-23-8-9-24(19(14-23)7-10-25)11-16-3-5-18(20)6-4-16/h3-6,12,19,25H,7-11,13-14H2,1-2H3/t19-/m1/s1. The number of aromatic nitrogens is 2. The summed E-state index contributed by atoms with van der Waals surface area (Å²) >= 11 is 0. The van der Waals surface area contributed by atoms with E-state index in [0.717, 1.165) is 50.4 Å². The monoisotopic (exact) mass is 346 g/mol. The minimum atomic E-state index is -0.202. The number of halogens is 1. The lowest BCUT2D eigenvalue weighted by Crippen LogP contribution is -2.52. The van der Waals surface area contributed by atoms with Gasteiger partial charge in [0.1, 0.15) is 5.82 Å².